The van der Waals surface area contributed by atoms with Crippen molar-refractivity contribution in [3.63, 3.8) is 0 Å². The number of hydrogen-bond donors (Lipinski definition) is 1. The summed E-state index contributed by atoms with van der Waals surface area (Å²) in [7, 11) is 0. The molecule has 4 aliphatic rings. The fourth-order valence-corrected chi connectivity index (χ4v) is 6.93. The molecular formula is C20H25IO2. The summed E-state index contributed by atoms with van der Waals surface area (Å²) < 4.78 is 2.95. The molecule has 0 saturated heterocycles. The average Bonchev–Trinajstić information content (AvgIpc) is 2.79. The lowest BCUT2D eigenvalue weighted by Crippen LogP contribution is -2.52. The van der Waals surface area contributed by atoms with E-state index in [-0.39, 0.29) is 5.41 Å². The molecule has 0 spiro atoms. The lowest BCUT2D eigenvalue weighted by Gasteiger charge is -2.54. The van der Waals surface area contributed by atoms with Gasteiger partial charge in [0.2, 0.25) is 0 Å². The van der Waals surface area contributed by atoms with Crippen molar-refractivity contribution >= 4 is 28.4 Å². The molecule has 0 bridgehead atoms. The van der Waals surface area contributed by atoms with Gasteiger partial charge in [-0.05, 0) is 78.6 Å². The van der Waals surface area contributed by atoms with Gasteiger partial charge in [0.25, 0.3) is 0 Å². The number of carbonyl (C=O) groups excluding carboxylic acids is 1. The number of hydrogen-bond acceptors (Lipinski definition) is 2. The monoisotopic (exact) mass is 424 g/mol. The van der Waals surface area contributed by atoms with Crippen LogP contribution < -0.4 is 0 Å². The van der Waals surface area contributed by atoms with Gasteiger partial charge in [-0.25, -0.2) is 0 Å². The predicted octanol–water partition coefficient (Wildman–Crippen LogP) is 4.26. The summed E-state index contributed by atoms with van der Waals surface area (Å²) in [4.78, 5) is 11.7. The molecule has 0 aromatic heterocycles. The van der Waals surface area contributed by atoms with Crippen LogP contribution in [0.25, 0.3) is 0 Å². The number of fused-ring (bicyclic) bond motifs is 5. The van der Waals surface area contributed by atoms with Crippen molar-refractivity contribution in [1.29, 1.82) is 0 Å². The second-order valence-corrected chi connectivity index (χ2v) is 8.92. The van der Waals surface area contributed by atoms with Crippen molar-refractivity contribution in [3.05, 3.63) is 11.6 Å². The van der Waals surface area contributed by atoms with E-state index in [1.54, 1.807) is 0 Å². The minimum Gasteiger partial charge on any atom is -0.377 e. The summed E-state index contributed by atoms with van der Waals surface area (Å²) in [6, 6.07) is 0. The second kappa shape index (κ2) is 5.59. The third kappa shape index (κ3) is 2.28. The quantitative estimate of drug-likeness (QED) is 0.466. The number of aliphatic hydroxyl groups is 1. The summed E-state index contributed by atoms with van der Waals surface area (Å²) >= 11 is 2.06. The van der Waals surface area contributed by atoms with E-state index >= 15 is 0 Å². The molecule has 0 heterocycles. The largest absolute Gasteiger partial charge is 0.377 e. The Kier molecular flexibility index (Phi) is 3.93. The van der Waals surface area contributed by atoms with Crippen LogP contribution in [0.1, 0.15) is 58.3 Å². The van der Waals surface area contributed by atoms with Gasteiger partial charge in [-0.2, -0.15) is 0 Å². The number of ketones is 1. The third-order valence-corrected chi connectivity index (χ3v) is 7.98. The Morgan fingerprint density at radius 3 is 2.78 bits per heavy atom. The van der Waals surface area contributed by atoms with Gasteiger partial charge in [-0.1, -0.05) is 18.4 Å². The predicted molar refractivity (Wildman–Crippen MR) is 98.8 cm³/mol. The highest BCUT2D eigenvalue weighted by Gasteiger charge is 2.62. The summed E-state index contributed by atoms with van der Waals surface area (Å²) in [5.41, 5.74) is 0.604. The van der Waals surface area contributed by atoms with E-state index in [9.17, 15) is 9.90 Å². The first-order valence-electron chi connectivity index (χ1n) is 9.07. The van der Waals surface area contributed by atoms with Gasteiger partial charge in [0.05, 0.1) is 0 Å². The van der Waals surface area contributed by atoms with Crippen molar-refractivity contribution in [2.75, 3.05) is 0 Å². The summed E-state index contributed by atoms with van der Waals surface area (Å²) in [6.07, 6.45) is 10.3. The van der Waals surface area contributed by atoms with Crippen molar-refractivity contribution in [3.8, 4) is 9.85 Å². The van der Waals surface area contributed by atoms with Gasteiger partial charge >= 0.3 is 0 Å². The molecular weight excluding hydrogens is 399 g/mol. The third-order valence-electron chi connectivity index (χ3n) is 7.71. The number of allylic oxidation sites excluding steroid dienone is 1. The van der Waals surface area contributed by atoms with Gasteiger partial charge in [-0.3, -0.25) is 4.79 Å². The van der Waals surface area contributed by atoms with Crippen LogP contribution in [0.5, 0.6) is 0 Å². The Morgan fingerprint density at radius 1 is 1.17 bits per heavy atom. The number of halogens is 1. The molecule has 3 heteroatoms. The second-order valence-electron chi connectivity index (χ2n) is 8.38. The fourth-order valence-electron chi connectivity index (χ4n) is 6.48. The first kappa shape index (κ1) is 16.1. The SMILES string of the molecule is C[C@]12CC[C@H]3[C@@H](CCC4=CC(=O)CC[C@@H]43)[C@@H]1CC[C@@]2(O)C#CI. The molecule has 3 saturated carbocycles. The van der Waals surface area contributed by atoms with Gasteiger partial charge < -0.3 is 5.11 Å². The zero-order valence-corrected chi connectivity index (χ0v) is 15.9. The fraction of sp³-hybridized carbons (Fsp3) is 0.750. The molecule has 0 aromatic carbocycles. The molecule has 2 nitrogen and oxygen atoms in total. The molecule has 4 aliphatic carbocycles. The molecule has 3 fully saturated rings. The summed E-state index contributed by atoms with van der Waals surface area (Å²) in [5.74, 6) is 6.18. The molecule has 124 valence electrons. The van der Waals surface area contributed by atoms with Crippen LogP contribution >= 0.6 is 22.6 Å². The van der Waals surface area contributed by atoms with Crippen LogP contribution in [-0.2, 0) is 4.79 Å². The van der Waals surface area contributed by atoms with Gasteiger partial charge in [0, 0.05) is 34.4 Å². The minimum absolute atomic E-state index is 0.0436. The van der Waals surface area contributed by atoms with Crippen LogP contribution in [0.3, 0.4) is 0 Å². The number of carbonyl (C=O) groups is 1. The number of rotatable bonds is 0. The van der Waals surface area contributed by atoms with E-state index in [1.165, 1.54) is 18.4 Å². The van der Waals surface area contributed by atoms with Gasteiger partial charge in [0.1, 0.15) is 5.60 Å². The standard InChI is InChI=1S/C20H25IO2/c1-19-8-6-16-15-5-3-14(22)12-13(15)2-4-17(16)18(19)7-9-20(19,23)10-11-21/h12,15-18,23H,2-9H2,1H3/t15-,16+,17+,18-,19-,20+/m0/s1. The molecule has 1 N–H and O–H groups in total. The highest BCUT2D eigenvalue weighted by atomic mass is 127. The Balaban J connectivity index is 1.65. The molecule has 0 aromatic rings. The van der Waals surface area contributed by atoms with Crippen LogP contribution in [0.2, 0.25) is 0 Å². The highest BCUT2D eigenvalue weighted by molar-refractivity contribution is 14.1. The van der Waals surface area contributed by atoms with E-state index in [0.29, 0.717) is 23.5 Å². The van der Waals surface area contributed by atoms with Crippen LogP contribution in [0.4, 0.5) is 0 Å². The minimum atomic E-state index is -0.789. The van der Waals surface area contributed by atoms with E-state index in [2.05, 4.69) is 39.4 Å². The van der Waals surface area contributed by atoms with E-state index < -0.39 is 5.60 Å². The van der Waals surface area contributed by atoms with Crippen molar-refractivity contribution < 1.29 is 9.90 Å². The first-order valence-corrected chi connectivity index (χ1v) is 10.1. The van der Waals surface area contributed by atoms with E-state index in [1.807, 2.05) is 6.08 Å². The Morgan fingerprint density at radius 2 is 2.00 bits per heavy atom. The lowest BCUT2D eigenvalue weighted by molar-refractivity contribution is -0.116. The van der Waals surface area contributed by atoms with Crippen molar-refractivity contribution in [2.24, 2.45) is 29.1 Å². The molecule has 4 rings (SSSR count). The van der Waals surface area contributed by atoms with Crippen LogP contribution in [0.15, 0.2) is 11.6 Å². The maximum absolute atomic E-state index is 11.7. The maximum Gasteiger partial charge on any atom is 0.155 e. The van der Waals surface area contributed by atoms with Gasteiger partial charge in [0.15, 0.2) is 5.78 Å². The zero-order chi connectivity index (χ0) is 16.2. The van der Waals surface area contributed by atoms with Crippen LogP contribution in [0, 0.1) is 38.9 Å². The lowest BCUT2D eigenvalue weighted by atomic mass is 9.50. The van der Waals surface area contributed by atoms with Crippen LogP contribution in [-0.4, -0.2) is 16.5 Å². The average molecular weight is 424 g/mol. The molecule has 0 unspecified atom stereocenters. The molecule has 0 aliphatic heterocycles. The Labute approximate surface area is 152 Å². The zero-order valence-electron chi connectivity index (χ0n) is 13.8. The van der Waals surface area contributed by atoms with E-state index in [0.717, 1.165) is 44.4 Å². The van der Waals surface area contributed by atoms with Gasteiger partial charge in [-0.15, -0.1) is 0 Å². The smallest absolute Gasteiger partial charge is 0.155 e. The molecule has 6 atom stereocenters. The van der Waals surface area contributed by atoms with E-state index in [4.69, 9.17) is 0 Å². The summed E-state index contributed by atoms with van der Waals surface area (Å²) in [5, 5.41) is 11.2. The first-order chi connectivity index (χ1) is 11.0. The Bertz CT molecular complexity index is 627. The maximum atomic E-state index is 11.7. The van der Waals surface area contributed by atoms with Crippen molar-refractivity contribution in [1.82, 2.24) is 0 Å². The highest BCUT2D eigenvalue weighted by Crippen LogP contribution is 2.64. The topological polar surface area (TPSA) is 37.3 Å². The molecule has 23 heavy (non-hydrogen) atoms. The van der Waals surface area contributed by atoms with Crippen molar-refractivity contribution in [2.45, 2.75) is 63.9 Å². The summed E-state index contributed by atoms with van der Waals surface area (Å²) in [6.45, 7) is 2.29. The normalized spacial score (nSPS) is 48.5. The molecule has 0 radical (unpaired) electrons. The molecule has 0 amide bonds. The Hall–Kier alpha value is -0.340.